The van der Waals surface area contributed by atoms with E-state index >= 15 is 0 Å². The first kappa shape index (κ1) is 16.7. The standard InChI is InChI=1S/C15H23N7OS/c1-11(2)13-19-12(23-20-13)3-4-17-14(16)21-6-8-22(9-7-21)15-18-5-10-24-15/h5,10-11H,3-4,6-9H2,1-2H3,(H2,16,17). The lowest BCUT2D eigenvalue weighted by Gasteiger charge is -2.35. The Morgan fingerprint density at radius 1 is 1.38 bits per heavy atom. The summed E-state index contributed by atoms with van der Waals surface area (Å²) in [5.74, 6) is 2.20. The lowest BCUT2D eigenvalue weighted by Crippen LogP contribution is -2.51. The number of nitrogens with zero attached hydrogens (tertiary/aromatic N) is 6. The van der Waals surface area contributed by atoms with Crippen LogP contribution in [0.4, 0.5) is 5.13 Å². The zero-order valence-electron chi connectivity index (χ0n) is 14.1. The first-order chi connectivity index (χ1) is 11.6. The third-order valence-electron chi connectivity index (χ3n) is 3.89. The SMILES string of the molecule is CC(C)c1noc(CCN=C(N)N2CCN(c3nccs3)CC2)n1. The Labute approximate surface area is 145 Å². The van der Waals surface area contributed by atoms with E-state index in [1.54, 1.807) is 11.3 Å². The van der Waals surface area contributed by atoms with Crippen molar-refractivity contribution in [3.63, 3.8) is 0 Å². The highest BCUT2D eigenvalue weighted by atomic mass is 32.1. The normalized spacial score (nSPS) is 16.2. The molecule has 9 heteroatoms. The van der Waals surface area contributed by atoms with Crippen molar-refractivity contribution in [2.75, 3.05) is 37.6 Å². The molecule has 0 amide bonds. The Morgan fingerprint density at radius 2 is 2.17 bits per heavy atom. The van der Waals surface area contributed by atoms with Crippen LogP contribution in [-0.2, 0) is 6.42 Å². The molecule has 1 fully saturated rings. The molecule has 130 valence electrons. The molecule has 0 atom stereocenters. The molecule has 0 spiro atoms. The highest BCUT2D eigenvalue weighted by Crippen LogP contribution is 2.18. The second-order valence-electron chi connectivity index (χ2n) is 5.98. The van der Waals surface area contributed by atoms with E-state index in [0.717, 1.165) is 37.1 Å². The minimum atomic E-state index is 0.269. The number of aliphatic imine (C=N–C) groups is 1. The van der Waals surface area contributed by atoms with Crippen LogP contribution in [0.15, 0.2) is 21.1 Å². The van der Waals surface area contributed by atoms with Gasteiger partial charge in [-0.05, 0) is 0 Å². The lowest BCUT2D eigenvalue weighted by atomic mass is 10.2. The van der Waals surface area contributed by atoms with Crippen LogP contribution < -0.4 is 10.6 Å². The van der Waals surface area contributed by atoms with Crippen molar-refractivity contribution in [3.8, 4) is 0 Å². The van der Waals surface area contributed by atoms with Gasteiger partial charge < -0.3 is 20.1 Å². The van der Waals surface area contributed by atoms with Crippen LogP contribution in [0.2, 0.25) is 0 Å². The van der Waals surface area contributed by atoms with Gasteiger partial charge in [-0.25, -0.2) is 4.98 Å². The van der Waals surface area contributed by atoms with E-state index in [1.165, 1.54) is 0 Å². The smallest absolute Gasteiger partial charge is 0.228 e. The largest absolute Gasteiger partial charge is 0.370 e. The summed E-state index contributed by atoms with van der Waals surface area (Å²) in [6.07, 6.45) is 2.45. The predicted molar refractivity (Wildman–Crippen MR) is 94.5 cm³/mol. The van der Waals surface area contributed by atoms with Crippen LogP contribution in [-0.4, -0.2) is 58.7 Å². The molecule has 0 unspecified atom stereocenters. The van der Waals surface area contributed by atoms with Crippen molar-refractivity contribution in [2.45, 2.75) is 26.2 Å². The average Bonchev–Trinajstić information content (AvgIpc) is 3.27. The van der Waals surface area contributed by atoms with E-state index in [9.17, 15) is 0 Å². The molecule has 1 aliphatic heterocycles. The Hall–Kier alpha value is -2.16. The molecule has 0 radical (unpaired) electrons. The zero-order valence-corrected chi connectivity index (χ0v) is 14.9. The summed E-state index contributed by atoms with van der Waals surface area (Å²) in [5, 5.41) is 7.02. The van der Waals surface area contributed by atoms with Crippen molar-refractivity contribution in [2.24, 2.45) is 10.7 Å². The Balaban J connectivity index is 1.46. The molecular formula is C15H23N7OS. The number of piperazine rings is 1. The third kappa shape index (κ3) is 4.02. The van der Waals surface area contributed by atoms with Crippen LogP contribution >= 0.6 is 11.3 Å². The number of anilines is 1. The van der Waals surface area contributed by atoms with Gasteiger partial charge in [-0.3, -0.25) is 4.99 Å². The summed E-state index contributed by atoms with van der Waals surface area (Å²) in [5.41, 5.74) is 6.11. The van der Waals surface area contributed by atoms with Crippen molar-refractivity contribution < 1.29 is 4.52 Å². The summed E-state index contributed by atoms with van der Waals surface area (Å²) in [6.45, 7) is 8.15. The molecular weight excluding hydrogens is 326 g/mol. The molecule has 8 nitrogen and oxygen atoms in total. The summed E-state index contributed by atoms with van der Waals surface area (Å²) in [7, 11) is 0. The number of aromatic nitrogens is 3. The summed E-state index contributed by atoms with van der Waals surface area (Å²) < 4.78 is 5.21. The van der Waals surface area contributed by atoms with Gasteiger partial charge in [0, 0.05) is 50.1 Å². The van der Waals surface area contributed by atoms with Gasteiger partial charge in [0.15, 0.2) is 16.9 Å². The first-order valence-electron chi connectivity index (χ1n) is 8.15. The lowest BCUT2D eigenvalue weighted by molar-refractivity contribution is 0.369. The molecule has 0 aliphatic carbocycles. The number of guanidine groups is 1. The van der Waals surface area contributed by atoms with Crippen LogP contribution in [0.25, 0.3) is 0 Å². The second-order valence-corrected chi connectivity index (χ2v) is 6.85. The Morgan fingerprint density at radius 3 is 2.79 bits per heavy atom. The fraction of sp³-hybridized carbons (Fsp3) is 0.600. The maximum atomic E-state index is 6.11. The molecule has 3 heterocycles. The number of thiazole rings is 1. The number of hydrogen-bond acceptors (Lipinski definition) is 7. The van der Waals surface area contributed by atoms with Gasteiger partial charge in [-0.2, -0.15) is 4.98 Å². The molecule has 2 aromatic heterocycles. The van der Waals surface area contributed by atoms with Gasteiger partial charge >= 0.3 is 0 Å². The van der Waals surface area contributed by atoms with E-state index < -0.39 is 0 Å². The van der Waals surface area contributed by atoms with Gasteiger partial charge in [0.05, 0.1) is 6.54 Å². The summed E-state index contributed by atoms with van der Waals surface area (Å²) in [4.78, 5) is 17.5. The predicted octanol–water partition coefficient (Wildman–Crippen LogP) is 1.33. The van der Waals surface area contributed by atoms with Gasteiger partial charge in [-0.15, -0.1) is 11.3 Å². The number of hydrogen-bond donors (Lipinski definition) is 1. The molecule has 0 saturated carbocycles. The fourth-order valence-corrected chi connectivity index (χ4v) is 3.17. The van der Waals surface area contributed by atoms with E-state index in [-0.39, 0.29) is 5.92 Å². The quantitative estimate of drug-likeness (QED) is 0.642. The van der Waals surface area contributed by atoms with Crippen LogP contribution in [0, 0.1) is 0 Å². The molecule has 2 aromatic rings. The average molecular weight is 349 g/mol. The number of nitrogens with two attached hydrogens (primary N) is 1. The van der Waals surface area contributed by atoms with Crippen LogP contribution in [0.5, 0.6) is 0 Å². The van der Waals surface area contributed by atoms with Gasteiger partial charge in [0.1, 0.15) is 0 Å². The van der Waals surface area contributed by atoms with Gasteiger partial charge in [-0.1, -0.05) is 19.0 Å². The second kappa shape index (κ2) is 7.61. The number of rotatable bonds is 5. The summed E-state index contributed by atoms with van der Waals surface area (Å²) >= 11 is 1.67. The van der Waals surface area contributed by atoms with Crippen molar-refractivity contribution in [1.82, 2.24) is 20.0 Å². The highest BCUT2D eigenvalue weighted by Gasteiger charge is 2.19. The maximum Gasteiger partial charge on any atom is 0.228 e. The first-order valence-corrected chi connectivity index (χ1v) is 9.03. The molecule has 24 heavy (non-hydrogen) atoms. The monoisotopic (exact) mass is 349 g/mol. The molecule has 3 rings (SSSR count). The van der Waals surface area contributed by atoms with E-state index in [0.29, 0.717) is 24.8 Å². The van der Waals surface area contributed by atoms with Gasteiger partial charge in [0.25, 0.3) is 0 Å². The minimum Gasteiger partial charge on any atom is -0.370 e. The molecule has 2 N–H and O–H groups in total. The molecule has 0 aromatic carbocycles. The Bertz CT molecular complexity index is 659. The van der Waals surface area contributed by atoms with E-state index in [1.807, 2.05) is 25.4 Å². The molecule has 1 aliphatic rings. The third-order valence-corrected chi connectivity index (χ3v) is 4.73. The van der Waals surface area contributed by atoms with Crippen LogP contribution in [0.1, 0.15) is 31.5 Å². The van der Waals surface area contributed by atoms with E-state index in [2.05, 4.69) is 29.9 Å². The van der Waals surface area contributed by atoms with Crippen molar-refractivity contribution in [1.29, 1.82) is 0 Å². The minimum absolute atomic E-state index is 0.269. The molecule has 1 saturated heterocycles. The highest BCUT2D eigenvalue weighted by molar-refractivity contribution is 7.13. The van der Waals surface area contributed by atoms with Crippen LogP contribution in [0.3, 0.4) is 0 Å². The molecule has 0 bridgehead atoms. The fourth-order valence-electron chi connectivity index (χ4n) is 2.47. The van der Waals surface area contributed by atoms with Crippen molar-refractivity contribution in [3.05, 3.63) is 23.3 Å². The Kier molecular flexibility index (Phi) is 5.29. The zero-order chi connectivity index (χ0) is 16.9. The van der Waals surface area contributed by atoms with E-state index in [4.69, 9.17) is 10.3 Å². The summed E-state index contributed by atoms with van der Waals surface area (Å²) in [6, 6.07) is 0. The van der Waals surface area contributed by atoms with Crippen molar-refractivity contribution >= 4 is 22.4 Å². The topological polar surface area (TPSA) is 96.7 Å². The van der Waals surface area contributed by atoms with Gasteiger partial charge in [0.2, 0.25) is 5.89 Å². The maximum absolute atomic E-state index is 6.11.